The molecule has 1 heterocycles. The van der Waals surface area contributed by atoms with E-state index in [2.05, 4.69) is 5.32 Å². The van der Waals surface area contributed by atoms with Gasteiger partial charge in [0.15, 0.2) is 0 Å². The minimum absolute atomic E-state index is 0.170. The van der Waals surface area contributed by atoms with E-state index in [0.717, 1.165) is 11.3 Å². The highest BCUT2D eigenvalue weighted by Gasteiger charge is 2.35. The standard InChI is InChI=1S/C15H20N2O3/c1-15(2,3)17(9-13(18)19)14(20)12-8-10-6-4-5-7-11(10)16-12/h4-7,12,16H,8-9H2,1-3H3,(H,18,19)/t12-/m0/s1. The number of amides is 1. The van der Waals surface area contributed by atoms with Crippen LogP contribution in [0, 0.1) is 0 Å². The lowest BCUT2D eigenvalue weighted by molar-refractivity contribution is -0.148. The lowest BCUT2D eigenvalue weighted by atomic mass is 10.0. The van der Waals surface area contributed by atoms with Crippen LogP contribution in [0.5, 0.6) is 0 Å². The molecule has 0 saturated carbocycles. The largest absolute Gasteiger partial charge is 0.480 e. The van der Waals surface area contributed by atoms with Gasteiger partial charge in [0.1, 0.15) is 12.6 Å². The normalized spacial score (nSPS) is 17.2. The van der Waals surface area contributed by atoms with Gasteiger partial charge >= 0.3 is 5.97 Å². The van der Waals surface area contributed by atoms with Crippen LogP contribution >= 0.6 is 0 Å². The average molecular weight is 276 g/mol. The van der Waals surface area contributed by atoms with Crippen LogP contribution in [0.1, 0.15) is 26.3 Å². The third-order valence-electron chi connectivity index (χ3n) is 3.44. The van der Waals surface area contributed by atoms with Crippen molar-refractivity contribution in [1.82, 2.24) is 4.90 Å². The average Bonchev–Trinajstić information content (AvgIpc) is 2.77. The number of fused-ring (bicyclic) bond motifs is 1. The molecule has 0 bridgehead atoms. The Morgan fingerprint density at radius 2 is 2.00 bits per heavy atom. The highest BCUT2D eigenvalue weighted by molar-refractivity contribution is 5.90. The molecule has 0 fully saturated rings. The molecule has 0 unspecified atom stereocenters. The molecule has 2 N–H and O–H groups in total. The summed E-state index contributed by atoms with van der Waals surface area (Å²) in [7, 11) is 0. The van der Waals surface area contributed by atoms with Crippen molar-refractivity contribution >= 4 is 17.6 Å². The summed E-state index contributed by atoms with van der Waals surface area (Å²) in [5, 5.41) is 12.2. The topological polar surface area (TPSA) is 69.6 Å². The van der Waals surface area contributed by atoms with Gasteiger partial charge in [-0.3, -0.25) is 9.59 Å². The summed E-state index contributed by atoms with van der Waals surface area (Å²) < 4.78 is 0. The molecule has 5 nitrogen and oxygen atoms in total. The number of nitrogens with one attached hydrogen (secondary N) is 1. The Kier molecular flexibility index (Phi) is 3.70. The summed E-state index contributed by atoms with van der Waals surface area (Å²) in [5.41, 5.74) is 1.52. The fraction of sp³-hybridized carbons (Fsp3) is 0.467. The number of anilines is 1. The number of nitrogens with zero attached hydrogens (tertiary/aromatic N) is 1. The van der Waals surface area contributed by atoms with Gasteiger partial charge in [0.2, 0.25) is 5.91 Å². The summed E-state index contributed by atoms with van der Waals surface area (Å²) >= 11 is 0. The molecule has 5 heteroatoms. The SMILES string of the molecule is CC(C)(C)N(CC(=O)O)C(=O)[C@@H]1Cc2ccccc2N1. The van der Waals surface area contributed by atoms with Gasteiger partial charge in [0, 0.05) is 17.6 Å². The Morgan fingerprint density at radius 1 is 1.35 bits per heavy atom. The van der Waals surface area contributed by atoms with Crippen molar-refractivity contribution in [2.75, 3.05) is 11.9 Å². The number of carbonyl (C=O) groups is 2. The molecule has 1 amide bonds. The maximum Gasteiger partial charge on any atom is 0.323 e. The molecular formula is C15H20N2O3. The summed E-state index contributed by atoms with van der Waals surface area (Å²) in [4.78, 5) is 25.0. The fourth-order valence-corrected chi connectivity index (χ4v) is 2.42. The van der Waals surface area contributed by atoms with E-state index in [1.165, 1.54) is 4.90 Å². The summed E-state index contributed by atoms with van der Waals surface area (Å²) in [6.07, 6.45) is 0.598. The van der Waals surface area contributed by atoms with E-state index in [1.54, 1.807) is 0 Å². The zero-order valence-electron chi connectivity index (χ0n) is 12.0. The van der Waals surface area contributed by atoms with E-state index < -0.39 is 11.5 Å². The van der Waals surface area contributed by atoms with Crippen LogP contribution in [0.4, 0.5) is 5.69 Å². The van der Waals surface area contributed by atoms with Gasteiger partial charge in [-0.05, 0) is 32.4 Å². The third kappa shape index (κ3) is 2.92. The van der Waals surface area contributed by atoms with Gasteiger partial charge < -0.3 is 15.3 Å². The second kappa shape index (κ2) is 5.15. The van der Waals surface area contributed by atoms with Crippen molar-refractivity contribution in [3.63, 3.8) is 0 Å². The molecule has 1 aliphatic rings. The van der Waals surface area contributed by atoms with Crippen LogP contribution in [0.2, 0.25) is 0 Å². The Balaban J connectivity index is 2.16. The first kappa shape index (κ1) is 14.4. The first-order valence-electron chi connectivity index (χ1n) is 6.67. The molecule has 0 aromatic heterocycles. The number of para-hydroxylation sites is 1. The van der Waals surface area contributed by atoms with Crippen molar-refractivity contribution in [3.8, 4) is 0 Å². The number of hydrogen-bond donors (Lipinski definition) is 2. The van der Waals surface area contributed by atoms with Crippen molar-refractivity contribution in [2.24, 2.45) is 0 Å². The second-order valence-corrected chi connectivity index (χ2v) is 6.05. The third-order valence-corrected chi connectivity index (χ3v) is 3.44. The van der Waals surface area contributed by atoms with Crippen LogP contribution in [0.25, 0.3) is 0 Å². The number of rotatable bonds is 3. The van der Waals surface area contributed by atoms with E-state index in [0.29, 0.717) is 6.42 Å². The summed E-state index contributed by atoms with van der Waals surface area (Å²) in [5.74, 6) is -1.17. The fourth-order valence-electron chi connectivity index (χ4n) is 2.42. The van der Waals surface area contributed by atoms with Crippen LogP contribution in [-0.4, -0.2) is 40.0 Å². The maximum absolute atomic E-state index is 12.6. The second-order valence-electron chi connectivity index (χ2n) is 6.05. The highest BCUT2D eigenvalue weighted by atomic mass is 16.4. The zero-order chi connectivity index (χ0) is 14.9. The van der Waals surface area contributed by atoms with Gasteiger partial charge in [-0.25, -0.2) is 0 Å². The molecule has 2 rings (SSSR count). The van der Waals surface area contributed by atoms with Crippen LogP contribution < -0.4 is 5.32 Å². The molecule has 20 heavy (non-hydrogen) atoms. The predicted molar refractivity (Wildman–Crippen MR) is 76.7 cm³/mol. The Bertz CT molecular complexity index is 509. The Morgan fingerprint density at radius 3 is 2.55 bits per heavy atom. The van der Waals surface area contributed by atoms with Gasteiger partial charge in [0.05, 0.1) is 0 Å². The van der Waals surface area contributed by atoms with E-state index in [-0.39, 0.29) is 18.5 Å². The Labute approximate surface area is 118 Å². The van der Waals surface area contributed by atoms with Gasteiger partial charge in [-0.15, -0.1) is 0 Å². The summed E-state index contributed by atoms with van der Waals surface area (Å²) in [6, 6.07) is 7.38. The maximum atomic E-state index is 12.6. The highest BCUT2D eigenvalue weighted by Crippen LogP contribution is 2.27. The van der Waals surface area contributed by atoms with Crippen LogP contribution in [0.15, 0.2) is 24.3 Å². The van der Waals surface area contributed by atoms with Crippen molar-refractivity contribution < 1.29 is 14.7 Å². The molecule has 1 atom stereocenters. The first-order valence-corrected chi connectivity index (χ1v) is 6.67. The van der Waals surface area contributed by atoms with Gasteiger partial charge in [0.25, 0.3) is 0 Å². The zero-order valence-corrected chi connectivity index (χ0v) is 12.0. The lowest BCUT2D eigenvalue weighted by Crippen LogP contribution is -2.53. The summed E-state index contributed by atoms with van der Waals surface area (Å²) in [6.45, 7) is 5.25. The molecule has 0 aliphatic carbocycles. The van der Waals surface area contributed by atoms with Crippen molar-refractivity contribution in [1.29, 1.82) is 0 Å². The van der Waals surface area contributed by atoms with E-state index in [1.807, 2.05) is 45.0 Å². The number of aliphatic carboxylic acids is 1. The van der Waals surface area contributed by atoms with Gasteiger partial charge in [-0.2, -0.15) is 0 Å². The molecule has 108 valence electrons. The first-order chi connectivity index (χ1) is 9.29. The molecule has 1 aromatic rings. The van der Waals surface area contributed by atoms with E-state index >= 15 is 0 Å². The van der Waals surface area contributed by atoms with Crippen LogP contribution in [-0.2, 0) is 16.0 Å². The van der Waals surface area contributed by atoms with Gasteiger partial charge in [-0.1, -0.05) is 18.2 Å². The number of carboxylic acids is 1. The van der Waals surface area contributed by atoms with Crippen molar-refractivity contribution in [3.05, 3.63) is 29.8 Å². The van der Waals surface area contributed by atoms with E-state index in [9.17, 15) is 9.59 Å². The smallest absolute Gasteiger partial charge is 0.323 e. The monoisotopic (exact) mass is 276 g/mol. The number of benzene rings is 1. The molecule has 1 aromatic carbocycles. The van der Waals surface area contributed by atoms with Crippen molar-refractivity contribution in [2.45, 2.75) is 38.8 Å². The molecule has 1 aliphatic heterocycles. The lowest BCUT2D eigenvalue weighted by Gasteiger charge is -2.36. The predicted octanol–water partition coefficient (Wildman–Crippen LogP) is 1.73. The minimum atomic E-state index is -0.996. The number of carboxylic acid groups (broad SMARTS) is 1. The Hall–Kier alpha value is -2.04. The molecule has 0 radical (unpaired) electrons. The molecular weight excluding hydrogens is 256 g/mol. The van der Waals surface area contributed by atoms with E-state index in [4.69, 9.17) is 5.11 Å². The van der Waals surface area contributed by atoms with Crippen LogP contribution in [0.3, 0.4) is 0 Å². The molecule has 0 spiro atoms. The molecule has 0 saturated heterocycles. The number of hydrogen-bond acceptors (Lipinski definition) is 3. The quantitative estimate of drug-likeness (QED) is 0.882. The minimum Gasteiger partial charge on any atom is -0.480 e. The number of carbonyl (C=O) groups excluding carboxylic acids is 1.